The number of amides is 1. The lowest BCUT2D eigenvalue weighted by Crippen LogP contribution is -2.30. The van der Waals surface area contributed by atoms with E-state index in [1.807, 2.05) is 38.1 Å². The number of imidazole rings is 1. The van der Waals surface area contributed by atoms with Crippen molar-refractivity contribution in [2.75, 3.05) is 18.4 Å². The number of sulfonamides is 1. The zero-order valence-corrected chi connectivity index (χ0v) is 18.2. The summed E-state index contributed by atoms with van der Waals surface area (Å²) in [6.45, 7) is 6.53. The Labute approximate surface area is 177 Å². The number of hydrogen-bond donors (Lipinski definition) is 1. The Hall–Kier alpha value is -2.97. The summed E-state index contributed by atoms with van der Waals surface area (Å²) in [6.07, 6.45) is 4.08. The van der Waals surface area contributed by atoms with Gasteiger partial charge in [0, 0.05) is 30.7 Å². The van der Waals surface area contributed by atoms with Crippen molar-refractivity contribution in [1.82, 2.24) is 13.9 Å². The summed E-state index contributed by atoms with van der Waals surface area (Å²) >= 11 is 0. The van der Waals surface area contributed by atoms with E-state index >= 15 is 0 Å². The van der Waals surface area contributed by atoms with E-state index in [0.717, 1.165) is 6.42 Å². The van der Waals surface area contributed by atoms with Gasteiger partial charge in [0.05, 0.1) is 4.90 Å². The van der Waals surface area contributed by atoms with Crippen molar-refractivity contribution in [3.63, 3.8) is 0 Å². The van der Waals surface area contributed by atoms with Crippen LogP contribution in [0, 0.1) is 0 Å². The van der Waals surface area contributed by atoms with Gasteiger partial charge in [0.25, 0.3) is 5.91 Å². The number of hydrogen-bond acceptors (Lipinski definition) is 4. The molecule has 1 heterocycles. The first-order valence-electron chi connectivity index (χ1n) is 9.93. The van der Waals surface area contributed by atoms with Gasteiger partial charge in [0.15, 0.2) is 0 Å². The van der Waals surface area contributed by atoms with E-state index in [1.54, 1.807) is 35.0 Å². The van der Waals surface area contributed by atoms with Crippen molar-refractivity contribution in [1.29, 1.82) is 0 Å². The van der Waals surface area contributed by atoms with Gasteiger partial charge in [-0.25, -0.2) is 13.4 Å². The van der Waals surface area contributed by atoms with Gasteiger partial charge in [-0.05, 0) is 48.4 Å². The van der Waals surface area contributed by atoms with Gasteiger partial charge in [0.1, 0.15) is 12.0 Å². The van der Waals surface area contributed by atoms with Crippen LogP contribution in [0.4, 0.5) is 5.69 Å². The number of carbonyl (C=O) groups is 1. The molecule has 0 atom stereocenters. The monoisotopic (exact) mass is 426 g/mol. The van der Waals surface area contributed by atoms with Crippen LogP contribution in [0.25, 0.3) is 5.69 Å². The molecule has 0 saturated carbocycles. The third-order valence-corrected chi connectivity index (χ3v) is 6.98. The predicted molar refractivity (Wildman–Crippen MR) is 117 cm³/mol. The summed E-state index contributed by atoms with van der Waals surface area (Å²) in [5.41, 5.74) is 2.89. The average molecular weight is 427 g/mol. The fraction of sp³-hybridized carbons (Fsp3) is 0.273. The number of aromatic nitrogens is 2. The number of aryl methyl sites for hydroxylation is 1. The Morgan fingerprint density at radius 2 is 1.63 bits per heavy atom. The van der Waals surface area contributed by atoms with Gasteiger partial charge in [-0.2, -0.15) is 4.31 Å². The Morgan fingerprint density at radius 3 is 2.20 bits per heavy atom. The zero-order valence-electron chi connectivity index (χ0n) is 17.4. The predicted octanol–water partition coefficient (Wildman–Crippen LogP) is 3.72. The smallest absolute Gasteiger partial charge is 0.275 e. The van der Waals surface area contributed by atoms with Gasteiger partial charge < -0.3 is 9.88 Å². The highest BCUT2D eigenvalue weighted by Gasteiger charge is 2.21. The number of nitrogens with one attached hydrogen (secondary N) is 1. The first kappa shape index (κ1) is 21.7. The van der Waals surface area contributed by atoms with Gasteiger partial charge in [-0.15, -0.1) is 0 Å². The van der Waals surface area contributed by atoms with Crippen molar-refractivity contribution in [2.24, 2.45) is 0 Å². The minimum atomic E-state index is -3.50. The van der Waals surface area contributed by atoms with E-state index in [2.05, 4.69) is 17.2 Å². The lowest BCUT2D eigenvalue weighted by Gasteiger charge is -2.18. The minimum absolute atomic E-state index is 0.239. The standard InChI is InChI=1S/C22H26N4O3S/c1-4-17-7-9-18(10-8-17)24-22(27)21-15-25(16-23-21)19-11-13-20(14-12-19)30(28,29)26(5-2)6-3/h7-16H,4-6H2,1-3H3,(H,24,27). The Balaban J connectivity index is 1.74. The maximum absolute atomic E-state index is 12.6. The van der Waals surface area contributed by atoms with Crippen LogP contribution in [0.2, 0.25) is 0 Å². The SMILES string of the molecule is CCc1ccc(NC(=O)c2cn(-c3ccc(S(=O)(=O)N(CC)CC)cc3)cn2)cc1. The van der Waals surface area contributed by atoms with E-state index < -0.39 is 10.0 Å². The summed E-state index contributed by atoms with van der Waals surface area (Å²) in [5, 5.41) is 2.83. The molecule has 0 bridgehead atoms. The molecule has 0 aliphatic carbocycles. The number of nitrogens with zero attached hydrogens (tertiary/aromatic N) is 3. The Kier molecular flexibility index (Phi) is 6.69. The summed E-state index contributed by atoms with van der Waals surface area (Å²) in [7, 11) is -3.50. The molecule has 0 radical (unpaired) electrons. The number of benzene rings is 2. The van der Waals surface area contributed by atoms with Gasteiger partial charge in [-0.3, -0.25) is 4.79 Å². The second-order valence-electron chi connectivity index (χ2n) is 6.75. The molecule has 1 aromatic heterocycles. The van der Waals surface area contributed by atoms with Crippen LogP contribution in [0.1, 0.15) is 36.8 Å². The highest BCUT2D eigenvalue weighted by molar-refractivity contribution is 7.89. The highest BCUT2D eigenvalue weighted by atomic mass is 32.2. The highest BCUT2D eigenvalue weighted by Crippen LogP contribution is 2.18. The Morgan fingerprint density at radius 1 is 1.00 bits per heavy atom. The van der Waals surface area contributed by atoms with Gasteiger partial charge in [0.2, 0.25) is 10.0 Å². The normalized spacial score (nSPS) is 11.6. The molecule has 158 valence electrons. The van der Waals surface area contributed by atoms with Gasteiger partial charge >= 0.3 is 0 Å². The molecule has 0 saturated heterocycles. The van der Waals surface area contributed by atoms with Crippen molar-refractivity contribution in [3.8, 4) is 5.69 Å². The van der Waals surface area contributed by atoms with E-state index in [-0.39, 0.29) is 16.5 Å². The second kappa shape index (κ2) is 9.23. The van der Waals surface area contributed by atoms with Crippen LogP contribution < -0.4 is 5.32 Å². The first-order valence-corrected chi connectivity index (χ1v) is 11.4. The van der Waals surface area contributed by atoms with Crippen molar-refractivity contribution < 1.29 is 13.2 Å². The zero-order chi connectivity index (χ0) is 21.7. The minimum Gasteiger partial charge on any atom is -0.321 e. The molecule has 0 spiro atoms. The van der Waals surface area contributed by atoms with Crippen LogP contribution in [0.5, 0.6) is 0 Å². The van der Waals surface area contributed by atoms with Crippen LogP contribution in [-0.4, -0.2) is 41.3 Å². The maximum atomic E-state index is 12.6. The molecule has 0 aliphatic heterocycles. The van der Waals surface area contributed by atoms with E-state index in [4.69, 9.17) is 0 Å². The summed E-state index contributed by atoms with van der Waals surface area (Å²) in [5.74, 6) is -0.307. The molecule has 30 heavy (non-hydrogen) atoms. The second-order valence-corrected chi connectivity index (χ2v) is 8.69. The quantitative estimate of drug-likeness (QED) is 0.595. The van der Waals surface area contributed by atoms with E-state index in [9.17, 15) is 13.2 Å². The van der Waals surface area contributed by atoms with Crippen LogP contribution in [0.15, 0.2) is 66.0 Å². The molecule has 2 aromatic carbocycles. The topological polar surface area (TPSA) is 84.3 Å². The molecular weight excluding hydrogens is 400 g/mol. The van der Waals surface area contributed by atoms with Crippen LogP contribution >= 0.6 is 0 Å². The number of carbonyl (C=O) groups excluding carboxylic acids is 1. The first-order chi connectivity index (χ1) is 14.4. The van der Waals surface area contributed by atoms with Crippen LogP contribution in [0.3, 0.4) is 0 Å². The fourth-order valence-electron chi connectivity index (χ4n) is 3.10. The average Bonchev–Trinajstić information content (AvgIpc) is 3.25. The third-order valence-electron chi connectivity index (χ3n) is 4.91. The fourth-order valence-corrected chi connectivity index (χ4v) is 4.56. The lowest BCUT2D eigenvalue weighted by atomic mass is 10.1. The number of anilines is 1. The molecular formula is C22H26N4O3S. The molecule has 8 heteroatoms. The lowest BCUT2D eigenvalue weighted by molar-refractivity contribution is 0.102. The van der Waals surface area contributed by atoms with E-state index in [1.165, 1.54) is 16.2 Å². The molecule has 1 amide bonds. The molecule has 7 nitrogen and oxygen atoms in total. The molecule has 3 rings (SSSR count). The van der Waals surface area contributed by atoms with Gasteiger partial charge in [-0.1, -0.05) is 32.9 Å². The molecule has 0 fully saturated rings. The Bertz CT molecular complexity index is 1100. The van der Waals surface area contributed by atoms with Crippen molar-refractivity contribution in [2.45, 2.75) is 32.1 Å². The van der Waals surface area contributed by atoms with Crippen molar-refractivity contribution >= 4 is 21.6 Å². The molecule has 3 aromatic rings. The maximum Gasteiger partial charge on any atom is 0.275 e. The summed E-state index contributed by atoms with van der Waals surface area (Å²) in [4.78, 5) is 16.9. The van der Waals surface area contributed by atoms with Crippen LogP contribution in [-0.2, 0) is 16.4 Å². The largest absolute Gasteiger partial charge is 0.321 e. The van der Waals surface area contributed by atoms with E-state index in [0.29, 0.717) is 24.5 Å². The molecule has 1 N–H and O–H groups in total. The molecule has 0 aliphatic rings. The third kappa shape index (κ3) is 4.60. The number of rotatable bonds is 8. The molecule has 0 unspecified atom stereocenters. The van der Waals surface area contributed by atoms with Crippen molar-refractivity contribution in [3.05, 3.63) is 72.3 Å². The summed E-state index contributed by atoms with van der Waals surface area (Å²) < 4.78 is 28.3. The summed E-state index contributed by atoms with van der Waals surface area (Å²) in [6, 6.07) is 14.2.